The molecular weight excluding hydrogens is 206 g/mol. The molecule has 0 aliphatic carbocycles. The topological polar surface area (TPSA) is 47.6 Å². The lowest BCUT2D eigenvalue weighted by Crippen LogP contribution is -2.43. The lowest BCUT2D eigenvalue weighted by molar-refractivity contribution is -0.155. The average molecular weight is 231 g/mol. The van der Waals surface area contributed by atoms with Crippen LogP contribution in [0.15, 0.2) is 0 Å². The van der Waals surface area contributed by atoms with E-state index in [2.05, 4.69) is 5.32 Å². The van der Waals surface area contributed by atoms with Crippen LogP contribution in [0.25, 0.3) is 0 Å². The van der Waals surface area contributed by atoms with Crippen LogP contribution in [0, 0.1) is 0 Å². The second kappa shape index (κ2) is 5.64. The molecule has 0 aliphatic heterocycles. The van der Waals surface area contributed by atoms with Crippen LogP contribution in [-0.4, -0.2) is 36.9 Å². The number of hydrogen-bond donors (Lipinski definition) is 1. The summed E-state index contributed by atoms with van der Waals surface area (Å²) in [5, 5.41) is 2.58. The van der Waals surface area contributed by atoms with Crippen molar-refractivity contribution < 1.29 is 14.3 Å². The number of ether oxygens (including phenoxy) is 2. The summed E-state index contributed by atoms with van der Waals surface area (Å²) in [5.41, 5.74) is -0.633. The van der Waals surface area contributed by atoms with Crippen molar-refractivity contribution >= 4 is 5.91 Å². The molecule has 1 N–H and O–H groups in total. The number of nitrogens with one attached hydrogen (secondary N) is 1. The van der Waals surface area contributed by atoms with Crippen LogP contribution < -0.4 is 5.32 Å². The first-order chi connectivity index (χ1) is 7.05. The van der Waals surface area contributed by atoms with Crippen LogP contribution >= 0.6 is 0 Å². The molecule has 0 spiro atoms. The highest BCUT2D eigenvalue weighted by Crippen LogP contribution is 2.14. The molecule has 0 rings (SSSR count). The van der Waals surface area contributed by atoms with Gasteiger partial charge in [0.05, 0.1) is 17.8 Å². The van der Waals surface area contributed by atoms with Crippen LogP contribution in [0.1, 0.15) is 41.5 Å². The second-order valence-electron chi connectivity index (χ2n) is 5.76. The highest BCUT2D eigenvalue weighted by molar-refractivity contribution is 5.80. The Morgan fingerprint density at radius 3 is 1.94 bits per heavy atom. The first kappa shape index (κ1) is 15.4. The van der Waals surface area contributed by atoms with E-state index in [9.17, 15) is 4.79 Å². The van der Waals surface area contributed by atoms with Gasteiger partial charge in [-0.05, 0) is 41.5 Å². The number of amides is 1. The third-order valence-corrected chi connectivity index (χ3v) is 1.70. The van der Waals surface area contributed by atoms with Crippen LogP contribution in [0.4, 0.5) is 0 Å². The molecule has 0 aliphatic rings. The highest BCUT2D eigenvalue weighted by atomic mass is 16.6. The molecule has 0 bridgehead atoms. The van der Waals surface area contributed by atoms with Gasteiger partial charge in [0.1, 0.15) is 0 Å². The molecule has 0 heterocycles. The number of rotatable bonds is 4. The fraction of sp³-hybridized carbons (Fsp3) is 0.917. The van der Waals surface area contributed by atoms with E-state index in [0.29, 0.717) is 0 Å². The number of carbonyl (C=O) groups excluding carboxylic acids is 1. The predicted octanol–water partition coefficient (Wildman–Crippen LogP) is 1.73. The maximum Gasteiger partial charge on any atom is 0.251 e. The van der Waals surface area contributed by atoms with E-state index >= 15 is 0 Å². The minimum absolute atomic E-state index is 0.154. The Morgan fingerprint density at radius 2 is 1.62 bits per heavy atom. The third-order valence-electron chi connectivity index (χ3n) is 1.70. The predicted molar refractivity (Wildman–Crippen MR) is 64.4 cm³/mol. The zero-order valence-electron chi connectivity index (χ0n) is 11.5. The lowest BCUT2D eigenvalue weighted by atomic mass is 10.1. The van der Waals surface area contributed by atoms with E-state index in [4.69, 9.17) is 9.47 Å². The Kier molecular flexibility index (Phi) is 5.42. The molecule has 4 heteroatoms. The maximum absolute atomic E-state index is 11.6. The van der Waals surface area contributed by atoms with Gasteiger partial charge in [0.2, 0.25) is 0 Å². The Bertz CT molecular complexity index is 225. The van der Waals surface area contributed by atoms with Gasteiger partial charge in [-0.2, -0.15) is 0 Å². The van der Waals surface area contributed by atoms with Crippen LogP contribution in [0.2, 0.25) is 0 Å². The molecule has 1 amide bonds. The molecule has 0 radical (unpaired) electrons. The molecule has 4 nitrogen and oxygen atoms in total. The lowest BCUT2D eigenvalue weighted by Gasteiger charge is -2.29. The van der Waals surface area contributed by atoms with Crippen molar-refractivity contribution in [2.24, 2.45) is 0 Å². The molecule has 0 aromatic rings. The van der Waals surface area contributed by atoms with E-state index in [1.807, 2.05) is 41.5 Å². The summed E-state index contributed by atoms with van der Waals surface area (Å²) in [6, 6.07) is 0. The Morgan fingerprint density at radius 1 is 1.12 bits per heavy atom. The van der Waals surface area contributed by atoms with E-state index < -0.39 is 6.10 Å². The van der Waals surface area contributed by atoms with Crippen molar-refractivity contribution in [3.8, 4) is 0 Å². The summed E-state index contributed by atoms with van der Waals surface area (Å²) in [6.07, 6.45) is -0.566. The van der Waals surface area contributed by atoms with Crippen molar-refractivity contribution in [2.75, 3.05) is 13.7 Å². The molecule has 0 saturated heterocycles. The molecule has 0 aromatic carbocycles. The monoisotopic (exact) mass is 231 g/mol. The fourth-order valence-corrected chi connectivity index (χ4v) is 1.08. The molecular formula is C12H25NO3. The third kappa shape index (κ3) is 7.65. The molecule has 96 valence electrons. The van der Waals surface area contributed by atoms with Gasteiger partial charge in [-0.15, -0.1) is 0 Å². The van der Waals surface area contributed by atoms with Gasteiger partial charge >= 0.3 is 0 Å². The van der Waals surface area contributed by atoms with Crippen molar-refractivity contribution in [3.05, 3.63) is 0 Å². The van der Waals surface area contributed by atoms with E-state index in [0.717, 1.165) is 0 Å². The summed E-state index contributed by atoms with van der Waals surface area (Å²) in [4.78, 5) is 11.6. The first-order valence-corrected chi connectivity index (χ1v) is 5.58. The van der Waals surface area contributed by atoms with Gasteiger partial charge in [-0.1, -0.05) is 0 Å². The summed E-state index contributed by atoms with van der Waals surface area (Å²) in [7, 11) is 1.60. The molecule has 0 fully saturated rings. The average Bonchev–Trinajstić information content (AvgIpc) is 2.07. The summed E-state index contributed by atoms with van der Waals surface area (Å²) in [6.45, 7) is 11.9. The normalized spacial score (nSPS) is 14.7. The summed E-state index contributed by atoms with van der Waals surface area (Å²) in [5.74, 6) is -0.154. The van der Waals surface area contributed by atoms with Gasteiger partial charge in [0, 0.05) is 7.05 Å². The number of hydrogen-bond acceptors (Lipinski definition) is 3. The highest BCUT2D eigenvalue weighted by Gasteiger charge is 2.26. The van der Waals surface area contributed by atoms with Gasteiger partial charge in [0.25, 0.3) is 5.91 Å². The van der Waals surface area contributed by atoms with E-state index in [1.54, 1.807) is 7.05 Å². The van der Waals surface area contributed by atoms with E-state index in [-0.39, 0.29) is 23.7 Å². The summed E-state index contributed by atoms with van der Waals surface area (Å²) >= 11 is 0. The number of carbonyl (C=O) groups is 1. The zero-order valence-corrected chi connectivity index (χ0v) is 11.5. The Balaban J connectivity index is 4.40. The molecule has 1 unspecified atom stereocenters. The molecule has 0 aromatic heterocycles. The van der Waals surface area contributed by atoms with Gasteiger partial charge in [-0.25, -0.2) is 0 Å². The Labute approximate surface area is 98.7 Å². The van der Waals surface area contributed by atoms with Crippen molar-refractivity contribution in [2.45, 2.75) is 58.8 Å². The minimum Gasteiger partial charge on any atom is -0.373 e. The largest absolute Gasteiger partial charge is 0.373 e. The van der Waals surface area contributed by atoms with Gasteiger partial charge in [-0.3, -0.25) is 4.79 Å². The van der Waals surface area contributed by atoms with E-state index in [1.165, 1.54) is 0 Å². The van der Waals surface area contributed by atoms with Crippen LogP contribution in [0.3, 0.4) is 0 Å². The second-order valence-corrected chi connectivity index (χ2v) is 5.76. The quantitative estimate of drug-likeness (QED) is 0.801. The van der Waals surface area contributed by atoms with Crippen molar-refractivity contribution in [3.63, 3.8) is 0 Å². The first-order valence-electron chi connectivity index (χ1n) is 5.58. The molecule has 0 saturated carbocycles. The minimum atomic E-state index is -0.566. The zero-order chi connectivity index (χ0) is 13.0. The van der Waals surface area contributed by atoms with Gasteiger partial charge in [0.15, 0.2) is 6.10 Å². The Hall–Kier alpha value is -0.610. The molecule has 16 heavy (non-hydrogen) atoms. The SMILES string of the molecule is CNC(=O)C(COC(C)(C)C)OC(C)(C)C. The van der Waals surface area contributed by atoms with Gasteiger partial charge < -0.3 is 14.8 Å². The summed E-state index contributed by atoms with van der Waals surface area (Å²) < 4.78 is 11.2. The smallest absolute Gasteiger partial charge is 0.251 e. The number of likely N-dealkylation sites (N-methyl/N-ethyl adjacent to an activating group) is 1. The fourth-order valence-electron chi connectivity index (χ4n) is 1.08. The van der Waals surface area contributed by atoms with Crippen LogP contribution in [-0.2, 0) is 14.3 Å². The van der Waals surface area contributed by atoms with Crippen LogP contribution in [0.5, 0.6) is 0 Å². The molecule has 1 atom stereocenters. The maximum atomic E-state index is 11.6. The van der Waals surface area contributed by atoms with Crippen molar-refractivity contribution in [1.29, 1.82) is 0 Å². The standard InChI is InChI=1S/C12H25NO3/c1-11(2,3)15-8-9(10(14)13-7)16-12(4,5)6/h9H,8H2,1-7H3,(H,13,14). The van der Waals surface area contributed by atoms with Crippen molar-refractivity contribution in [1.82, 2.24) is 5.32 Å².